The third-order valence-corrected chi connectivity index (χ3v) is 3.36. The standard InChI is InChI=1S/C15H15NO4/c1-3-12(15(19)20)10-4-6-11(7-5-10)16-13(17)8-9(2)14(16)18/h4-8,12H,3H2,1-2H3,(H,19,20). The second-order valence-corrected chi connectivity index (χ2v) is 4.70. The van der Waals surface area contributed by atoms with Crippen molar-refractivity contribution >= 4 is 23.5 Å². The number of carbonyl (C=O) groups is 3. The minimum Gasteiger partial charge on any atom is -0.481 e. The average molecular weight is 273 g/mol. The number of benzene rings is 1. The maximum absolute atomic E-state index is 11.8. The van der Waals surface area contributed by atoms with E-state index < -0.39 is 11.9 Å². The van der Waals surface area contributed by atoms with E-state index in [1.807, 2.05) is 0 Å². The summed E-state index contributed by atoms with van der Waals surface area (Å²) in [5.41, 5.74) is 1.51. The number of hydrogen-bond acceptors (Lipinski definition) is 3. The average Bonchev–Trinajstić information content (AvgIpc) is 2.65. The van der Waals surface area contributed by atoms with Crippen LogP contribution in [0.15, 0.2) is 35.9 Å². The maximum atomic E-state index is 11.8. The Kier molecular flexibility index (Phi) is 3.70. The van der Waals surface area contributed by atoms with Crippen molar-refractivity contribution in [3.63, 3.8) is 0 Å². The highest BCUT2D eigenvalue weighted by molar-refractivity contribution is 6.30. The fourth-order valence-electron chi connectivity index (χ4n) is 2.24. The van der Waals surface area contributed by atoms with Crippen LogP contribution in [-0.2, 0) is 14.4 Å². The van der Waals surface area contributed by atoms with Crippen LogP contribution in [0.1, 0.15) is 31.7 Å². The van der Waals surface area contributed by atoms with Gasteiger partial charge in [0.05, 0.1) is 11.6 Å². The molecule has 1 N–H and O–H groups in total. The Morgan fingerprint density at radius 2 is 1.85 bits per heavy atom. The first-order valence-electron chi connectivity index (χ1n) is 6.35. The Hall–Kier alpha value is -2.43. The summed E-state index contributed by atoms with van der Waals surface area (Å²) in [5, 5.41) is 9.10. The predicted molar refractivity (Wildman–Crippen MR) is 73.4 cm³/mol. The molecule has 104 valence electrons. The lowest BCUT2D eigenvalue weighted by Crippen LogP contribution is -2.30. The summed E-state index contributed by atoms with van der Waals surface area (Å²) >= 11 is 0. The molecule has 0 saturated carbocycles. The number of carbonyl (C=O) groups excluding carboxylic acids is 2. The molecule has 0 aliphatic carbocycles. The van der Waals surface area contributed by atoms with Gasteiger partial charge < -0.3 is 5.11 Å². The van der Waals surface area contributed by atoms with Gasteiger partial charge in [0.15, 0.2) is 0 Å². The quantitative estimate of drug-likeness (QED) is 0.852. The lowest BCUT2D eigenvalue weighted by Gasteiger charge is -2.16. The molecule has 0 aromatic heterocycles. The molecule has 1 aliphatic rings. The van der Waals surface area contributed by atoms with Crippen LogP contribution >= 0.6 is 0 Å². The van der Waals surface area contributed by atoms with Crippen LogP contribution in [0.3, 0.4) is 0 Å². The Balaban J connectivity index is 2.28. The van der Waals surface area contributed by atoms with Gasteiger partial charge >= 0.3 is 5.97 Å². The van der Waals surface area contributed by atoms with Crippen molar-refractivity contribution in [2.75, 3.05) is 4.90 Å². The van der Waals surface area contributed by atoms with E-state index in [1.165, 1.54) is 6.08 Å². The third-order valence-electron chi connectivity index (χ3n) is 3.36. The van der Waals surface area contributed by atoms with E-state index in [2.05, 4.69) is 0 Å². The van der Waals surface area contributed by atoms with E-state index in [9.17, 15) is 14.4 Å². The van der Waals surface area contributed by atoms with E-state index >= 15 is 0 Å². The Labute approximate surface area is 116 Å². The van der Waals surface area contributed by atoms with Crippen molar-refractivity contribution in [2.24, 2.45) is 0 Å². The summed E-state index contributed by atoms with van der Waals surface area (Å²) in [4.78, 5) is 35.7. The van der Waals surface area contributed by atoms with Crippen LogP contribution in [0.2, 0.25) is 0 Å². The van der Waals surface area contributed by atoms with E-state index in [-0.39, 0.29) is 11.8 Å². The second kappa shape index (κ2) is 5.28. The third kappa shape index (κ3) is 2.34. The number of carboxylic acids is 1. The molecule has 20 heavy (non-hydrogen) atoms. The first-order chi connectivity index (χ1) is 9.45. The zero-order chi connectivity index (χ0) is 14.9. The van der Waals surface area contributed by atoms with Gasteiger partial charge in [-0.15, -0.1) is 0 Å². The highest BCUT2D eigenvalue weighted by atomic mass is 16.4. The molecular formula is C15H15NO4. The Bertz CT molecular complexity index is 601. The normalized spacial score (nSPS) is 16.3. The van der Waals surface area contributed by atoms with Gasteiger partial charge in [0.25, 0.3) is 11.8 Å². The van der Waals surface area contributed by atoms with Crippen LogP contribution < -0.4 is 4.90 Å². The smallest absolute Gasteiger partial charge is 0.310 e. The van der Waals surface area contributed by atoms with Crippen molar-refractivity contribution in [3.8, 4) is 0 Å². The maximum Gasteiger partial charge on any atom is 0.310 e. The van der Waals surface area contributed by atoms with E-state index in [0.29, 0.717) is 23.2 Å². The van der Waals surface area contributed by atoms with Crippen LogP contribution in [0, 0.1) is 0 Å². The molecule has 1 aromatic rings. The van der Waals surface area contributed by atoms with Crippen molar-refractivity contribution < 1.29 is 19.5 Å². The SMILES string of the molecule is CCC(C(=O)O)c1ccc(N2C(=O)C=C(C)C2=O)cc1. The molecule has 1 unspecified atom stereocenters. The number of carboxylic acid groups (broad SMARTS) is 1. The highest BCUT2D eigenvalue weighted by Gasteiger charge is 2.29. The molecule has 1 atom stereocenters. The number of imide groups is 1. The van der Waals surface area contributed by atoms with E-state index in [0.717, 1.165) is 4.90 Å². The molecule has 1 aliphatic heterocycles. The Morgan fingerprint density at radius 1 is 1.25 bits per heavy atom. The fraction of sp³-hybridized carbons (Fsp3) is 0.267. The van der Waals surface area contributed by atoms with Crippen molar-refractivity contribution in [3.05, 3.63) is 41.5 Å². The molecule has 2 amide bonds. The molecule has 5 heteroatoms. The van der Waals surface area contributed by atoms with Crippen LogP contribution in [0.5, 0.6) is 0 Å². The zero-order valence-electron chi connectivity index (χ0n) is 11.3. The number of nitrogens with zero attached hydrogens (tertiary/aromatic N) is 1. The summed E-state index contributed by atoms with van der Waals surface area (Å²) in [5.74, 6) is -2.17. The molecule has 5 nitrogen and oxygen atoms in total. The van der Waals surface area contributed by atoms with Gasteiger partial charge in [-0.1, -0.05) is 19.1 Å². The van der Waals surface area contributed by atoms with E-state index in [4.69, 9.17) is 5.11 Å². The molecule has 1 heterocycles. The molecule has 0 spiro atoms. The van der Waals surface area contributed by atoms with E-state index in [1.54, 1.807) is 38.1 Å². The zero-order valence-corrected chi connectivity index (χ0v) is 11.3. The molecule has 0 saturated heterocycles. The minimum absolute atomic E-state index is 0.340. The number of anilines is 1. The first-order valence-corrected chi connectivity index (χ1v) is 6.35. The predicted octanol–water partition coefficient (Wildman–Crippen LogP) is 2.08. The number of aliphatic carboxylic acids is 1. The summed E-state index contributed by atoms with van der Waals surface area (Å²) < 4.78 is 0. The summed E-state index contributed by atoms with van der Waals surface area (Å²) in [6.07, 6.45) is 1.78. The Morgan fingerprint density at radius 3 is 2.25 bits per heavy atom. The van der Waals surface area contributed by atoms with Gasteiger partial charge in [0, 0.05) is 11.6 Å². The molecule has 2 rings (SSSR count). The van der Waals surface area contributed by atoms with Crippen LogP contribution in [0.25, 0.3) is 0 Å². The van der Waals surface area contributed by atoms with Crippen LogP contribution in [-0.4, -0.2) is 22.9 Å². The second-order valence-electron chi connectivity index (χ2n) is 4.70. The lowest BCUT2D eigenvalue weighted by atomic mass is 9.96. The minimum atomic E-state index is -0.883. The van der Waals surface area contributed by atoms with Crippen molar-refractivity contribution in [1.82, 2.24) is 0 Å². The van der Waals surface area contributed by atoms with Gasteiger partial charge in [-0.2, -0.15) is 0 Å². The molecule has 0 fully saturated rings. The lowest BCUT2D eigenvalue weighted by molar-refractivity contribution is -0.138. The monoisotopic (exact) mass is 273 g/mol. The van der Waals surface area contributed by atoms with Crippen molar-refractivity contribution in [1.29, 1.82) is 0 Å². The van der Waals surface area contributed by atoms with Gasteiger partial charge in [-0.05, 0) is 31.0 Å². The number of rotatable bonds is 4. The largest absolute Gasteiger partial charge is 0.481 e. The first kappa shape index (κ1) is 14.0. The number of amides is 2. The molecule has 0 bridgehead atoms. The van der Waals surface area contributed by atoms with Gasteiger partial charge in [-0.25, -0.2) is 4.90 Å². The van der Waals surface area contributed by atoms with Gasteiger partial charge in [0.1, 0.15) is 0 Å². The van der Waals surface area contributed by atoms with Gasteiger partial charge in [-0.3, -0.25) is 14.4 Å². The number of hydrogen-bond donors (Lipinski definition) is 1. The summed E-state index contributed by atoms with van der Waals surface area (Å²) in [7, 11) is 0. The molecule has 0 radical (unpaired) electrons. The van der Waals surface area contributed by atoms with Crippen molar-refractivity contribution in [2.45, 2.75) is 26.2 Å². The topological polar surface area (TPSA) is 74.7 Å². The summed E-state index contributed by atoms with van der Waals surface area (Å²) in [6, 6.07) is 6.49. The summed E-state index contributed by atoms with van der Waals surface area (Å²) in [6.45, 7) is 3.39. The molecule has 1 aromatic carbocycles. The fourth-order valence-corrected chi connectivity index (χ4v) is 2.24. The highest BCUT2D eigenvalue weighted by Crippen LogP contribution is 2.26. The molecular weight excluding hydrogens is 258 g/mol. The van der Waals surface area contributed by atoms with Crippen LogP contribution in [0.4, 0.5) is 5.69 Å². The van der Waals surface area contributed by atoms with Gasteiger partial charge in [0.2, 0.25) is 0 Å².